The van der Waals surface area contributed by atoms with Crippen molar-refractivity contribution in [3.63, 3.8) is 0 Å². The summed E-state index contributed by atoms with van der Waals surface area (Å²) in [5.74, 6) is -1.20. The predicted octanol–water partition coefficient (Wildman–Crippen LogP) is 2.98. The Labute approximate surface area is 148 Å². The number of hydrogen-bond acceptors (Lipinski definition) is 3. The maximum Gasteiger partial charge on any atom is 0.319 e. The number of carbonyl (C=O) groups is 3. The molecular formula is C18H27N3O4. The van der Waals surface area contributed by atoms with Crippen molar-refractivity contribution in [2.24, 2.45) is 0 Å². The highest BCUT2D eigenvalue weighted by atomic mass is 16.4. The molecule has 7 nitrogen and oxygen atoms in total. The van der Waals surface area contributed by atoms with Crippen molar-refractivity contribution in [2.75, 3.05) is 5.32 Å². The fourth-order valence-corrected chi connectivity index (χ4v) is 2.14. The van der Waals surface area contributed by atoms with E-state index in [9.17, 15) is 14.4 Å². The molecule has 0 fully saturated rings. The van der Waals surface area contributed by atoms with E-state index in [2.05, 4.69) is 16.0 Å². The Kier molecular flexibility index (Phi) is 6.55. The molecule has 0 saturated heterocycles. The van der Waals surface area contributed by atoms with Crippen LogP contribution < -0.4 is 16.0 Å². The third-order valence-electron chi connectivity index (χ3n) is 3.32. The minimum atomic E-state index is -0.917. The van der Waals surface area contributed by atoms with Crippen molar-refractivity contribution in [1.82, 2.24) is 10.6 Å². The maximum atomic E-state index is 12.4. The number of hydrogen-bond donors (Lipinski definition) is 4. The normalized spacial score (nSPS) is 11.6. The smallest absolute Gasteiger partial charge is 0.319 e. The average molecular weight is 349 g/mol. The van der Waals surface area contributed by atoms with E-state index in [1.807, 2.05) is 20.8 Å². The monoisotopic (exact) mass is 349 g/mol. The minimum absolute atomic E-state index is 0.0438. The standard InChI is InChI=1S/C18H27N3O4/c1-17(2,3)20-15(24)12-8-6-7-9-13(12)19-16(25)21-18(4,5)11-10-14(22)23/h6-9H,10-11H2,1-5H3,(H,20,24)(H,22,23)(H2,19,21,25). The molecular weight excluding hydrogens is 322 g/mol. The van der Waals surface area contributed by atoms with Gasteiger partial charge in [-0.3, -0.25) is 9.59 Å². The van der Waals surface area contributed by atoms with Gasteiger partial charge in [0.05, 0.1) is 11.3 Å². The van der Waals surface area contributed by atoms with Crippen molar-refractivity contribution < 1.29 is 19.5 Å². The van der Waals surface area contributed by atoms with Crippen LogP contribution in [-0.4, -0.2) is 34.1 Å². The van der Waals surface area contributed by atoms with Crippen LogP contribution in [0.25, 0.3) is 0 Å². The molecule has 0 bridgehead atoms. The summed E-state index contributed by atoms with van der Waals surface area (Å²) in [6.07, 6.45) is 0.250. The molecule has 0 heterocycles. The van der Waals surface area contributed by atoms with Crippen LogP contribution in [0, 0.1) is 0 Å². The first-order chi connectivity index (χ1) is 11.4. The second-order valence-corrected chi connectivity index (χ2v) is 7.61. The highest BCUT2D eigenvalue weighted by molar-refractivity contribution is 6.03. The summed E-state index contributed by atoms with van der Waals surface area (Å²) in [7, 11) is 0. The fraction of sp³-hybridized carbons (Fsp3) is 0.500. The molecule has 0 aliphatic rings. The van der Waals surface area contributed by atoms with E-state index >= 15 is 0 Å². The molecule has 0 atom stereocenters. The minimum Gasteiger partial charge on any atom is -0.481 e. The van der Waals surface area contributed by atoms with Gasteiger partial charge in [0.25, 0.3) is 5.91 Å². The number of carbonyl (C=O) groups excluding carboxylic acids is 2. The topological polar surface area (TPSA) is 108 Å². The summed E-state index contributed by atoms with van der Waals surface area (Å²) in [4.78, 5) is 35.3. The molecule has 0 unspecified atom stereocenters. The molecule has 0 aliphatic carbocycles. The van der Waals surface area contributed by atoms with Crippen molar-refractivity contribution in [3.05, 3.63) is 29.8 Å². The van der Waals surface area contributed by atoms with E-state index < -0.39 is 23.1 Å². The summed E-state index contributed by atoms with van der Waals surface area (Å²) in [6.45, 7) is 9.11. The molecule has 0 spiro atoms. The Morgan fingerprint density at radius 2 is 1.60 bits per heavy atom. The van der Waals surface area contributed by atoms with Crippen molar-refractivity contribution in [2.45, 2.75) is 58.5 Å². The number of carboxylic acids is 1. The number of rotatable bonds is 6. The van der Waals surface area contributed by atoms with E-state index in [1.54, 1.807) is 38.1 Å². The lowest BCUT2D eigenvalue weighted by atomic mass is 9.99. The second-order valence-electron chi connectivity index (χ2n) is 7.61. The summed E-state index contributed by atoms with van der Waals surface area (Å²) >= 11 is 0. The highest BCUT2D eigenvalue weighted by Crippen LogP contribution is 2.17. The van der Waals surface area contributed by atoms with Crippen LogP contribution in [0.3, 0.4) is 0 Å². The van der Waals surface area contributed by atoms with Crippen LogP contribution in [0.2, 0.25) is 0 Å². The Balaban J connectivity index is 2.81. The zero-order valence-corrected chi connectivity index (χ0v) is 15.4. The number of amides is 3. The first kappa shape index (κ1) is 20.5. The molecule has 0 aliphatic heterocycles. The largest absolute Gasteiger partial charge is 0.481 e. The summed E-state index contributed by atoms with van der Waals surface area (Å²) in [5, 5.41) is 17.0. The van der Waals surface area contributed by atoms with Gasteiger partial charge >= 0.3 is 12.0 Å². The number of anilines is 1. The lowest BCUT2D eigenvalue weighted by molar-refractivity contribution is -0.137. The summed E-state index contributed by atoms with van der Waals surface area (Å²) < 4.78 is 0. The van der Waals surface area contributed by atoms with E-state index in [0.29, 0.717) is 17.7 Å². The van der Waals surface area contributed by atoms with E-state index in [4.69, 9.17) is 5.11 Å². The molecule has 1 rings (SSSR count). The quantitative estimate of drug-likeness (QED) is 0.633. The Morgan fingerprint density at radius 3 is 2.16 bits per heavy atom. The Hall–Kier alpha value is -2.57. The molecule has 1 aromatic carbocycles. The van der Waals surface area contributed by atoms with Gasteiger partial charge in [-0.25, -0.2) is 4.79 Å². The van der Waals surface area contributed by atoms with Gasteiger partial charge in [0.1, 0.15) is 0 Å². The van der Waals surface area contributed by atoms with Gasteiger partial charge in [0, 0.05) is 17.5 Å². The summed E-state index contributed by atoms with van der Waals surface area (Å²) in [5.41, 5.74) is -0.345. The molecule has 138 valence electrons. The van der Waals surface area contributed by atoms with Gasteiger partial charge in [0.2, 0.25) is 0 Å². The van der Waals surface area contributed by atoms with Gasteiger partial charge < -0.3 is 21.1 Å². The molecule has 0 aromatic heterocycles. The number of aliphatic carboxylic acids is 1. The summed E-state index contributed by atoms with van der Waals surface area (Å²) in [6, 6.07) is 6.22. The van der Waals surface area contributed by atoms with Crippen LogP contribution in [0.5, 0.6) is 0 Å². The first-order valence-corrected chi connectivity index (χ1v) is 8.12. The third-order valence-corrected chi connectivity index (χ3v) is 3.32. The second kappa shape index (κ2) is 8.00. The van der Waals surface area contributed by atoms with E-state index in [0.717, 1.165) is 0 Å². The van der Waals surface area contributed by atoms with Crippen molar-refractivity contribution in [1.29, 1.82) is 0 Å². The van der Waals surface area contributed by atoms with E-state index in [-0.39, 0.29) is 12.3 Å². The zero-order valence-electron chi connectivity index (χ0n) is 15.4. The van der Waals surface area contributed by atoms with Gasteiger partial charge in [-0.2, -0.15) is 0 Å². The maximum absolute atomic E-state index is 12.4. The Bertz CT molecular complexity index is 648. The first-order valence-electron chi connectivity index (χ1n) is 8.12. The molecule has 7 heteroatoms. The molecule has 1 aromatic rings. The number of carboxylic acid groups (broad SMARTS) is 1. The van der Waals surface area contributed by atoms with Crippen LogP contribution in [0.1, 0.15) is 57.8 Å². The number of nitrogens with one attached hydrogen (secondary N) is 3. The fourth-order valence-electron chi connectivity index (χ4n) is 2.14. The molecule has 0 saturated carbocycles. The van der Waals surface area contributed by atoms with Crippen LogP contribution in [0.15, 0.2) is 24.3 Å². The molecule has 3 amide bonds. The highest BCUT2D eigenvalue weighted by Gasteiger charge is 2.23. The lowest BCUT2D eigenvalue weighted by Gasteiger charge is -2.26. The lowest BCUT2D eigenvalue weighted by Crippen LogP contribution is -2.46. The van der Waals surface area contributed by atoms with Gasteiger partial charge in [0.15, 0.2) is 0 Å². The van der Waals surface area contributed by atoms with Crippen LogP contribution in [0.4, 0.5) is 10.5 Å². The number of urea groups is 1. The Morgan fingerprint density at radius 1 is 1.00 bits per heavy atom. The van der Waals surface area contributed by atoms with Gasteiger partial charge in [-0.15, -0.1) is 0 Å². The van der Waals surface area contributed by atoms with Crippen molar-refractivity contribution >= 4 is 23.6 Å². The average Bonchev–Trinajstić information content (AvgIpc) is 2.43. The van der Waals surface area contributed by atoms with Crippen molar-refractivity contribution in [3.8, 4) is 0 Å². The molecule has 0 radical (unpaired) electrons. The van der Waals surface area contributed by atoms with Gasteiger partial charge in [-0.05, 0) is 53.2 Å². The molecule has 4 N–H and O–H groups in total. The SMILES string of the molecule is CC(C)(C)NC(=O)c1ccccc1NC(=O)NC(C)(C)CCC(=O)O. The van der Waals surface area contributed by atoms with Gasteiger partial charge in [-0.1, -0.05) is 12.1 Å². The predicted molar refractivity (Wildman–Crippen MR) is 96.8 cm³/mol. The van der Waals surface area contributed by atoms with Crippen LogP contribution >= 0.6 is 0 Å². The molecule has 25 heavy (non-hydrogen) atoms. The number of para-hydroxylation sites is 1. The van der Waals surface area contributed by atoms with E-state index in [1.165, 1.54) is 0 Å². The number of benzene rings is 1. The third kappa shape index (κ3) is 7.69. The van der Waals surface area contributed by atoms with Crippen LogP contribution in [-0.2, 0) is 4.79 Å². The zero-order chi connectivity index (χ0) is 19.3.